The van der Waals surface area contributed by atoms with E-state index in [-0.39, 0.29) is 47.4 Å². The molecule has 0 aromatic carbocycles. The van der Waals surface area contributed by atoms with Crippen LogP contribution in [0.2, 0.25) is 0 Å². The molecule has 2 aromatic heterocycles. The van der Waals surface area contributed by atoms with Gasteiger partial charge in [-0.05, 0) is 19.4 Å². The predicted octanol–water partition coefficient (Wildman–Crippen LogP) is -1.88. The number of nitrogens with two attached hydrogens (primary N) is 3. The number of nitrogens with zero attached hydrogens (tertiary/aromatic N) is 4. The van der Waals surface area contributed by atoms with Gasteiger partial charge in [0, 0.05) is 30.7 Å². The number of nitrogens with one attached hydrogen (secondary N) is 2. The van der Waals surface area contributed by atoms with Gasteiger partial charge in [0.2, 0.25) is 16.9 Å². The molecular weight excluding hydrogens is 847 g/mol. The maximum atomic E-state index is 12.7. The molecular formula is C27H48N9O17P3S. The molecule has 324 valence electrons. The summed E-state index contributed by atoms with van der Waals surface area (Å²) in [6.07, 6.45) is -4.99. The minimum absolute atomic E-state index is 0.0269. The first kappa shape index (κ1) is 48.8. The fourth-order valence-corrected chi connectivity index (χ4v) is 8.58. The average Bonchev–Trinajstić information content (AvgIpc) is 3.68. The highest BCUT2D eigenvalue weighted by Gasteiger charge is 2.50. The van der Waals surface area contributed by atoms with E-state index >= 15 is 0 Å². The number of imidazole rings is 1. The van der Waals surface area contributed by atoms with Crippen molar-refractivity contribution in [1.29, 1.82) is 0 Å². The molecule has 1 aliphatic heterocycles. The maximum Gasteiger partial charge on any atom is 0.481 e. The number of phosphoric ester groups is 3. The van der Waals surface area contributed by atoms with Crippen LogP contribution in [0.15, 0.2) is 12.7 Å². The molecule has 0 saturated carbocycles. The molecule has 0 bridgehead atoms. The van der Waals surface area contributed by atoms with Gasteiger partial charge in [0.05, 0.1) is 25.6 Å². The van der Waals surface area contributed by atoms with Crippen LogP contribution in [0.1, 0.15) is 45.8 Å². The van der Waals surface area contributed by atoms with E-state index in [4.69, 9.17) is 31.0 Å². The number of rotatable bonds is 24. The fourth-order valence-electron chi connectivity index (χ4n) is 5.02. The summed E-state index contributed by atoms with van der Waals surface area (Å²) in [6.45, 7) is 0.897. The number of phosphoric acid groups is 3. The second-order valence-electron chi connectivity index (χ2n) is 13.1. The van der Waals surface area contributed by atoms with Gasteiger partial charge in [0.15, 0.2) is 17.7 Å². The molecule has 26 nitrogen and oxygen atoms in total. The summed E-state index contributed by atoms with van der Waals surface area (Å²) in [4.78, 5) is 87.7. The van der Waals surface area contributed by atoms with Gasteiger partial charge in [-0.25, -0.2) is 28.6 Å². The van der Waals surface area contributed by atoms with Crippen LogP contribution < -0.4 is 27.8 Å². The normalized spacial score (nSPS) is 22.1. The van der Waals surface area contributed by atoms with E-state index in [1.165, 1.54) is 13.8 Å². The zero-order chi connectivity index (χ0) is 42.8. The van der Waals surface area contributed by atoms with Crippen LogP contribution >= 0.6 is 35.2 Å². The Morgan fingerprint density at radius 1 is 1.05 bits per heavy atom. The average molecular weight is 896 g/mol. The lowest BCUT2D eigenvalue weighted by molar-refractivity contribution is -0.137. The number of unbranched alkanes of at least 4 members (excludes halogenated alkanes) is 1. The lowest BCUT2D eigenvalue weighted by Gasteiger charge is -2.30. The molecule has 1 fully saturated rings. The number of hydrogen-bond acceptors (Lipinski definition) is 20. The third-order valence-corrected chi connectivity index (χ3v) is 12.1. The summed E-state index contributed by atoms with van der Waals surface area (Å²) >= 11 is 0.980. The van der Waals surface area contributed by atoms with Crippen molar-refractivity contribution in [3.63, 3.8) is 0 Å². The van der Waals surface area contributed by atoms with E-state index < -0.39 is 90.6 Å². The Hall–Kier alpha value is -2.52. The number of aromatic nitrogens is 4. The molecule has 57 heavy (non-hydrogen) atoms. The minimum atomic E-state index is -5.58. The van der Waals surface area contributed by atoms with Gasteiger partial charge < -0.3 is 62.4 Å². The maximum absolute atomic E-state index is 12.7. The number of carbonyl (C=O) groups is 3. The van der Waals surface area contributed by atoms with E-state index in [0.717, 1.165) is 41.8 Å². The van der Waals surface area contributed by atoms with Crippen LogP contribution in [-0.2, 0) is 50.7 Å². The molecule has 0 radical (unpaired) electrons. The number of carbonyl (C=O) groups excluding carboxylic acids is 3. The monoisotopic (exact) mass is 895 g/mol. The number of nitrogen functional groups attached to an aromatic ring is 1. The molecule has 1 saturated heterocycles. The van der Waals surface area contributed by atoms with Gasteiger partial charge in [0.25, 0.3) is 0 Å². The van der Waals surface area contributed by atoms with E-state index in [0.29, 0.717) is 13.0 Å². The summed E-state index contributed by atoms with van der Waals surface area (Å²) in [6, 6.07) is -0.630. The van der Waals surface area contributed by atoms with Crippen molar-refractivity contribution in [3.05, 3.63) is 12.7 Å². The number of aliphatic hydroxyl groups is 2. The van der Waals surface area contributed by atoms with Crippen LogP contribution in [0.25, 0.3) is 11.2 Å². The van der Waals surface area contributed by atoms with E-state index in [1.807, 2.05) is 0 Å². The van der Waals surface area contributed by atoms with Crippen molar-refractivity contribution in [2.75, 3.05) is 44.3 Å². The summed E-state index contributed by atoms with van der Waals surface area (Å²) < 4.78 is 62.1. The number of anilines is 1. The zero-order valence-electron chi connectivity index (χ0n) is 30.6. The van der Waals surface area contributed by atoms with Gasteiger partial charge in [0.1, 0.15) is 36.3 Å². The fraction of sp³-hybridized carbons (Fsp3) is 0.704. The molecule has 0 spiro atoms. The molecule has 2 aromatic rings. The van der Waals surface area contributed by atoms with Crippen LogP contribution in [0, 0.1) is 5.41 Å². The lowest BCUT2D eigenvalue weighted by Crippen LogP contribution is -2.46. The Bertz CT molecular complexity index is 1840. The highest BCUT2D eigenvalue weighted by atomic mass is 32.2. The Balaban J connectivity index is 1.47. The molecule has 3 heterocycles. The zero-order valence-corrected chi connectivity index (χ0v) is 34.1. The number of ether oxygens (including phenoxy) is 1. The van der Waals surface area contributed by atoms with Crippen molar-refractivity contribution < 1.29 is 80.5 Å². The molecule has 30 heteroatoms. The summed E-state index contributed by atoms with van der Waals surface area (Å²) in [7, 11) is -16.4. The van der Waals surface area contributed by atoms with Crippen LogP contribution in [-0.4, -0.2) is 135 Å². The lowest BCUT2D eigenvalue weighted by atomic mass is 9.87. The predicted molar refractivity (Wildman–Crippen MR) is 198 cm³/mol. The van der Waals surface area contributed by atoms with Crippen molar-refractivity contribution in [1.82, 2.24) is 30.2 Å². The molecule has 8 atom stereocenters. The Labute approximate surface area is 329 Å². The topological polar surface area (TPSA) is 416 Å². The van der Waals surface area contributed by atoms with E-state index in [1.54, 1.807) is 0 Å². The highest BCUT2D eigenvalue weighted by molar-refractivity contribution is 8.13. The minimum Gasteiger partial charge on any atom is -0.386 e. The number of aliphatic hydroxyl groups excluding tert-OH is 2. The van der Waals surface area contributed by atoms with Gasteiger partial charge in [-0.2, -0.15) is 4.31 Å². The van der Waals surface area contributed by atoms with Gasteiger partial charge in [-0.15, -0.1) is 0 Å². The third kappa shape index (κ3) is 15.2. The smallest absolute Gasteiger partial charge is 0.386 e. The Kier molecular flexibility index (Phi) is 18.1. The van der Waals surface area contributed by atoms with Crippen LogP contribution in [0.4, 0.5) is 5.82 Å². The molecule has 14 N–H and O–H groups in total. The van der Waals surface area contributed by atoms with Crippen LogP contribution in [0.3, 0.4) is 0 Å². The third-order valence-electron chi connectivity index (χ3n) is 8.02. The Morgan fingerprint density at radius 3 is 2.40 bits per heavy atom. The highest BCUT2D eigenvalue weighted by Crippen LogP contribution is 2.61. The van der Waals surface area contributed by atoms with Gasteiger partial charge in [-0.3, -0.25) is 32.5 Å². The largest absolute Gasteiger partial charge is 0.481 e. The van der Waals surface area contributed by atoms with Crippen molar-refractivity contribution in [2.45, 2.75) is 76.2 Å². The molecule has 1 aliphatic rings. The molecule has 3 unspecified atom stereocenters. The number of amides is 2. The number of thioether (sulfide) groups is 1. The Morgan fingerprint density at radius 2 is 1.74 bits per heavy atom. The van der Waals surface area contributed by atoms with Crippen molar-refractivity contribution in [2.24, 2.45) is 16.9 Å². The van der Waals surface area contributed by atoms with Gasteiger partial charge >= 0.3 is 23.5 Å². The van der Waals surface area contributed by atoms with E-state index in [2.05, 4.69) is 34.4 Å². The van der Waals surface area contributed by atoms with Gasteiger partial charge in [-0.1, -0.05) is 32.0 Å². The van der Waals surface area contributed by atoms with Crippen molar-refractivity contribution >= 4 is 69.1 Å². The summed E-state index contributed by atoms with van der Waals surface area (Å²) in [5.41, 5.74) is 15.5. The first-order valence-electron chi connectivity index (χ1n) is 17.0. The summed E-state index contributed by atoms with van der Waals surface area (Å²) in [5.74, 6) is -1.23. The molecule has 3 rings (SSSR count). The summed E-state index contributed by atoms with van der Waals surface area (Å²) in [5, 5.41) is 26.1. The quantitative estimate of drug-likeness (QED) is 0.0406. The van der Waals surface area contributed by atoms with Crippen LogP contribution in [0.5, 0.6) is 0 Å². The SMILES string of the molecule is CC(C)(COP(=O)(O)OP(=O)(O)OC[C@H]1O[C@@H](n2cnc3c(N)ncnc32)[C@H](O)[C@@H]1OP(=O)(O)O)C(O)C(=O)NCCC(=O)NCCSC(=O)[C@@H](N)CCCCN. The first-order chi connectivity index (χ1) is 26.5. The number of hydrogen-bond donors (Lipinski definition) is 11. The second-order valence-corrected chi connectivity index (χ2v) is 18.5. The standard InChI is InChI=1S/C27H48N9O17P3S/c1-27(2,21(39)24(40)32-8-6-17(37)31-9-10-57-26(41)15(29)5-3-4-7-28)12-50-56(47,48)53-55(45,46)49-11-16-20(52-54(42,43)44)19(38)25(51-16)36-14-35-18-22(30)33-13-34-23(18)36/h13-16,19-21,25,38-39H,3-12,28-29H2,1-2H3,(H,31,37)(H,32,40)(H,45,46)(H,47,48)(H2,30,33,34)(H2,42,43,44)/t15-,16+,19+,20+,21?,25+/m0/s1. The first-order valence-corrected chi connectivity index (χ1v) is 22.5. The van der Waals surface area contributed by atoms with E-state index in [9.17, 15) is 57.9 Å². The second kappa shape index (κ2) is 21.1. The molecule has 2 amide bonds. The number of fused-ring (bicyclic) bond motifs is 1. The molecule has 0 aliphatic carbocycles. The van der Waals surface area contributed by atoms with Crippen molar-refractivity contribution in [3.8, 4) is 0 Å².